The Morgan fingerprint density at radius 1 is 1.32 bits per heavy atom. The number of amides is 1. The smallest absolute Gasteiger partial charge is 0.221 e. The van der Waals surface area contributed by atoms with Gasteiger partial charge < -0.3 is 20.5 Å². The lowest BCUT2D eigenvalue weighted by atomic mass is 10.0. The van der Waals surface area contributed by atoms with E-state index in [2.05, 4.69) is 10.2 Å². The van der Waals surface area contributed by atoms with E-state index in [1.165, 1.54) is 12.8 Å². The molecule has 3 N–H and O–H groups in total. The van der Waals surface area contributed by atoms with Crippen molar-refractivity contribution in [2.24, 2.45) is 5.73 Å². The van der Waals surface area contributed by atoms with Crippen molar-refractivity contribution in [1.82, 2.24) is 10.2 Å². The quantitative estimate of drug-likeness (QED) is 0.803. The number of hydrogen-bond donors (Lipinski definition) is 2. The first-order chi connectivity index (χ1) is 12.2. The highest BCUT2D eigenvalue weighted by atomic mass is 35.5. The van der Waals surface area contributed by atoms with E-state index >= 15 is 0 Å². The molecule has 1 amide bonds. The van der Waals surface area contributed by atoms with Gasteiger partial charge in [-0.15, -0.1) is 0 Å². The van der Waals surface area contributed by atoms with E-state index in [0.717, 1.165) is 30.8 Å². The molecule has 7 heteroatoms. The normalized spacial score (nSPS) is 20.3. The van der Waals surface area contributed by atoms with E-state index in [1.54, 1.807) is 0 Å². The molecule has 25 heavy (non-hydrogen) atoms. The second kappa shape index (κ2) is 8.74. The highest BCUT2D eigenvalue weighted by Crippen LogP contribution is 2.38. The summed E-state index contributed by atoms with van der Waals surface area (Å²) in [6.45, 7) is 3.93. The summed E-state index contributed by atoms with van der Waals surface area (Å²) >= 11 is 6.35. The SMILES string of the molecule is NCCC(=O)NCC1CCCCN1Cc1cc(Cl)c2c(c1)OCCO2. The summed E-state index contributed by atoms with van der Waals surface area (Å²) in [5, 5.41) is 3.59. The monoisotopic (exact) mass is 367 g/mol. The zero-order valence-electron chi connectivity index (χ0n) is 14.4. The molecular weight excluding hydrogens is 342 g/mol. The van der Waals surface area contributed by atoms with E-state index < -0.39 is 0 Å². The highest BCUT2D eigenvalue weighted by molar-refractivity contribution is 6.32. The van der Waals surface area contributed by atoms with Crippen LogP contribution < -0.4 is 20.5 Å². The van der Waals surface area contributed by atoms with Gasteiger partial charge in [-0.1, -0.05) is 18.0 Å². The van der Waals surface area contributed by atoms with Gasteiger partial charge in [-0.25, -0.2) is 0 Å². The molecule has 1 saturated heterocycles. The lowest BCUT2D eigenvalue weighted by molar-refractivity contribution is -0.121. The van der Waals surface area contributed by atoms with E-state index in [9.17, 15) is 4.79 Å². The molecule has 0 aliphatic carbocycles. The molecule has 1 fully saturated rings. The average molecular weight is 368 g/mol. The Morgan fingerprint density at radius 3 is 3.00 bits per heavy atom. The van der Waals surface area contributed by atoms with Gasteiger partial charge in [-0.05, 0) is 37.1 Å². The third-order valence-electron chi connectivity index (χ3n) is 4.70. The average Bonchev–Trinajstić information content (AvgIpc) is 2.61. The Hall–Kier alpha value is -1.50. The van der Waals surface area contributed by atoms with Gasteiger partial charge in [0.25, 0.3) is 0 Å². The lowest BCUT2D eigenvalue weighted by Gasteiger charge is -2.36. The summed E-state index contributed by atoms with van der Waals surface area (Å²) in [6.07, 6.45) is 3.83. The number of ether oxygens (including phenoxy) is 2. The van der Waals surface area contributed by atoms with Crippen LogP contribution >= 0.6 is 11.6 Å². The number of piperidine rings is 1. The Bertz CT molecular complexity index is 611. The number of carbonyl (C=O) groups is 1. The van der Waals surface area contributed by atoms with E-state index in [0.29, 0.717) is 49.5 Å². The topological polar surface area (TPSA) is 76.8 Å². The summed E-state index contributed by atoms with van der Waals surface area (Å²) in [4.78, 5) is 14.1. The summed E-state index contributed by atoms with van der Waals surface area (Å²) in [5.41, 5.74) is 6.54. The molecule has 0 bridgehead atoms. The van der Waals surface area contributed by atoms with Gasteiger partial charge in [0.2, 0.25) is 5.91 Å². The molecule has 0 saturated carbocycles. The van der Waals surface area contributed by atoms with Crippen LogP contribution in [0.15, 0.2) is 12.1 Å². The van der Waals surface area contributed by atoms with Gasteiger partial charge >= 0.3 is 0 Å². The van der Waals surface area contributed by atoms with Crippen LogP contribution in [0.5, 0.6) is 11.5 Å². The van der Waals surface area contributed by atoms with Gasteiger partial charge in [0.05, 0.1) is 5.02 Å². The maximum atomic E-state index is 11.7. The van der Waals surface area contributed by atoms with Crippen molar-refractivity contribution in [3.05, 3.63) is 22.7 Å². The molecule has 1 aromatic rings. The number of nitrogens with two attached hydrogens (primary N) is 1. The van der Waals surface area contributed by atoms with E-state index in [1.807, 2.05) is 12.1 Å². The van der Waals surface area contributed by atoms with Crippen molar-refractivity contribution in [3.63, 3.8) is 0 Å². The van der Waals surface area contributed by atoms with Crippen LogP contribution in [-0.4, -0.2) is 49.7 Å². The molecule has 1 unspecified atom stereocenters. The Morgan fingerprint density at radius 2 is 2.16 bits per heavy atom. The van der Waals surface area contributed by atoms with Gasteiger partial charge in [0, 0.05) is 32.1 Å². The molecule has 0 spiro atoms. The van der Waals surface area contributed by atoms with E-state index in [4.69, 9.17) is 26.8 Å². The molecule has 2 aliphatic rings. The van der Waals surface area contributed by atoms with E-state index in [-0.39, 0.29) is 5.91 Å². The molecule has 138 valence electrons. The van der Waals surface area contributed by atoms with Crippen LogP contribution in [0.4, 0.5) is 0 Å². The molecule has 1 atom stereocenters. The molecule has 2 aliphatic heterocycles. The fraction of sp³-hybridized carbons (Fsp3) is 0.611. The second-order valence-electron chi connectivity index (χ2n) is 6.56. The summed E-state index contributed by atoms with van der Waals surface area (Å²) in [7, 11) is 0. The van der Waals surface area contributed by atoms with Crippen molar-refractivity contribution in [3.8, 4) is 11.5 Å². The molecule has 0 aromatic heterocycles. The number of nitrogens with one attached hydrogen (secondary N) is 1. The zero-order chi connectivity index (χ0) is 17.6. The first-order valence-corrected chi connectivity index (χ1v) is 9.34. The predicted molar refractivity (Wildman–Crippen MR) is 97.2 cm³/mol. The standard InChI is InChI=1S/C18H26ClN3O3/c19-15-9-13(10-16-18(15)25-8-7-24-16)12-22-6-2-1-3-14(22)11-21-17(23)4-5-20/h9-10,14H,1-8,11-12,20H2,(H,21,23). The van der Waals surface area contributed by atoms with Gasteiger partial charge in [0.15, 0.2) is 11.5 Å². The fourth-order valence-electron chi connectivity index (χ4n) is 3.44. The number of fused-ring (bicyclic) bond motifs is 1. The lowest BCUT2D eigenvalue weighted by Crippen LogP contribution is -2.46. The number of benzene rings is 1. The third kappa shape index (κ3) is 4.77. The number of likely N-dealkylation sites (tertiary alicyclic amines) is 1. The first-order valence-electron chi connectivity index (χ1n) is 8.96. The Balaban J connectivity index is 1.65. The number of hydrogen-bond acceptors (Lipinski definition) is 5. The maximum absolute atomic E-state index is 11.7. The van der Waals surface area contributed by atoms with Crippen molar-refractivity contribution in [1.29, 1.82) is 0 Å². The van der Waals surface area contributed by atoms with Crippen molar-refractivity contribution >= 4 is 17.5 Å². The van der Waals surface area contributed by atoms with Gasteiger partial charge in [0.1, 0.15) is 13.2 Å². The molecule has 6 nitrogen and oxygen atoms in total. The second-order valence-corrected chi connectivity index (χ2v) is 6.97. The largest absolute Gasteiger partial charge is 0.486 e. The molecule has 1 aromatic carbocycles. The summed E-state index contributed by atoms with van der Waals surface area (Å²) in [5.74, 6) is 1.38. The Kier molecular flexibility index (Phi) is 6.39. The number of carbonyl (C=O) groups excluding carboxylic acids is 1. The fourth-order valence-corrected chi connectivity index (χ4v) is 3.73. The summed E-state index contributed by atoms with van der Waals surface area (Å²) < 4.78 is 11.2. The van der Waals surface area contributed by atoms with Crippen LogP contribution in [0.3, 0.4) is 0 Å². The molecule has 2 heterocycles. The number of halogens is 1. The van der Waals surface area contributed by atoms with Crippen molar-refractivity contribution < 1.29 is 14.3 Å². The van der Waals surface area contributed by atoms with Crippen molar-refractivity contribution in [2.75, 3.05) is 32.8 Å². The van der Waals surface area contributed by atoms with Crippen molar-refractivity contribution in [2.45, 2.75) is 38.3 Å². The minimum Gasteiger partial charge on any atom is -0.486 e. The van der Waals surface area contributed by atoms with Crippen LogP contribution in [0, 0.1) is 0 Å². The first kappa shape index (κ1) is 18.3. The minimum absolute atomic E-state index is 0.0235. The predicted octanol–water partition coefficient (Wildman–Crippen LogP) is 1.93. The highest BCUT2D eigenvalue weighted by Gasteiger charge is 2.24. The minimum atomic E-state index is 0.0235. The van der Waals surface area contributed by atoms with Crippen LogP contribution in [0.2, 0.25) is 5.02 Å². The number of rotatable bonds is 6. The Labute approximate surface area is 153 Å². The maximum Gasteiger partial charge on any atom is 0.221 e. The third-order valence-corrected chi connectivity index (χ3v) is 4.98. The van der Waals surface area contributed by atoms with Gasteiger partial charge in [-0.2, -0.15) is 0 Å². The molecular formula is C18H26ClN3O3. The molecule has 0 radical (unpaired) electrons. The van der Waals surface area contributed by atoms with Crippen LogP contribution in [0.1, 0.15) is 31.2 Å². The van der Waals surface area contributed by atoms with Gasteiger partial charge in [-0.3, -0.25) is 9.69 Å². The summed E-state index contributed by atoms with van der Waals surface area (Å²) in [6, 6.07) is 4.30. The van der Waals surface area contributed by atoms with Crippen LogP contribution in [0.25, 0.3) is 0 Å². The molecule has 3 rings (SSSR count). The zero-order valence-corrected chi connectivity index (χ0v) is 15.2. The number of nitrogens with zero attached hydrogens (tertiary/aromatic N) is 1. The van der Waals surface area contributed by atoms with Crippen LogP contribution in [-0.2, 0) is 11.3 Å².